The number of aliphatic hydroxyl groups is 1. The van der Waals surface area contributed by atoms with Gasteiger partial charge in [0.15, 0.2) is 0 Å². The molecule has 1 unspecified atom stereocenters. The first-order chi connectivity index (χ1) is 7.14. The van der Waals surface area contributed by atoms with Gasteiger partial charge >= 0.3 is 0 Å². The average molecular weight is 214 g/mol. The highest BCUT2D eigenvalue weighted by Crippen LogP contribution is 2.21. The maximum atomic E-state index is 9.94. The number of nitrogens with zero attached hydrogens (tertiary/aromatic N) is 1. The molecule has 0 saturated carbocycles. The van der Waals surface area contributed by atoms with E-state index in [0.717, 1.165) is 45.4 Å². The minimum Gasteiger partial charge on any atom is -0.390 e. The number of nitrogens with one attached hydrogen (secondary N) is 1. The van der Waals surface area contributed by atoms with Crippen molar-refractivity contribution in [3.63, 3.8) is 0 Å². The summed E-state index contributed by atoms with van der Waals surface area (Å²) in [6.07, 6.45) is 4.23. The van der Waals surface area contributed by atoms with Gasteiger partial charge in [-0.05, 0) is 58.8 Å². The lowest BCUT2D eigenvalue weighted by molar-refractivity contribution is 0.0446. The Bertz CT molecular complexity index is 171. The predicted molar refractivity (Wildman–Crippen MR) is 64.1 cm³/mol. The largest absolute Gasteiger partial charge is 0.390 e. The third-order valence-corrected chi connectivity index (χ3v) is 3.23. The quantitative estimate of drug-likeness (QED) is 0.676. The van der Waals surface area contributed by atoms with E-state index in [4.69, 9.17) is 0 Å². The highest BCUT2D eigenvalue weighted by molar-refractivity contribution is 4.78. The molecule has 90 valence electrons. The predicted octanol–water partition coefficient (Wildman–Crippen LogP) is 1.22. The van der Waals surface area contributed by atoms with Crippen molar-refractivity contribution in [3.8, 4) is 0 Å². The highest BCUT2D eigenvalue weighted by Gasteiger charge is 2.24. The first kappa shape index (κ1) is 12.9. The molecule has 0 aromatic rings. The summed E-state index contributed by atoms with van der Waals surface area (Å²) in [7, 11) is 0. The Morgan fingerprint density at radius 1 is 1.33 bits per heavy atom. The number of rotatable bonds is 5. The molecule has 0 aromatic carbocycles. The lowest BCUT2D eigenvalue weighted by atomic mass is 9.98. The first-order valence-electron chi connectivity index (χ1n) is 6.29. The van der Waals surface area contributed by atoms with Crippen LogP contribution in [0.15, 0.2) is 0 Å². The van der Waals surface area contributed by atoms with Gasteiger partial charge in [-0.15, -0.1) is 0 Å². The molecule has 1 saturated heterocycles. The van der Waals surface area contributed by atoms with Crippen molar-refractivity contribution in [3.05, 3.63) is 0 Å². The number of hydrogen-bond donors (Lipinski definition) is 2. The summed E-state index contributed by atoms with van der Waals surface area (Å²) in [4.78, 5) is 2.48. The topological polar surface area (TPSA) is 35.5 Å². The zero-order valence-corrected chi connectivity index (χ0v) is 10.3. The van der Waals surface area contributed by atoms with Crippen molar-refractivity contribution >= 4 is 0 Å². The summed E-state index contributed by atoms with van der Waals surface area (Å²) in [5.41, 5.74) is -0.420. The second-order valence-corrected chi connectivity index (χ2v) is 4.90. The van der Waals surface area contributed by atoms with Gasteiger partial charge in [0, 0.05) is 6.54 Å². The van der Waals surface area contributed by atoms with Gasteiger partial charge in [0.25, 0.3) is 0 Å². The van der Waals surface area contributed by atoms with Crippen molar-refractivity contribution in [1.29, 1.82) is 0 Å². The van der Waals surface area contributed by atoms with E-state index in [9.17, 15) is 5.11 Å². The van der Waals surface area contributed by atoms with Crippen molar-refractivity contribution in [1.82, 2.24) is 10.2 Å². The minimum absolute atomic E-state index is 0.420. The van der Waals surface area contributed by atoms with E-state index in [2.05, 4.69) is 17.1 Å². The Kier molecular flexibility index (Phi) is 5.58. The summed E-state index contributed by atoms with van der Waals surface area (Å²) in [5.74, 6) is 0. The Hall–Kier alpha value is -0.120. The number of likely N-dealkylation sites (tertiary alicyclic amines) is 1. The molecule has 2 N–H and O–H groups in total. The first-order valence-corrected chi connectivity index (χ1v) is 6.29. The fourth-order valence-corrected chi connectivity index (χ4v) is 2.15. The van der Waals surface area contributed by atoms with E-state index in [1.165, 1.54) is 13.0 Å². The van der Waals surface area contributed by atoms with Crippen LogP contribution in [0, 0.1) is 0 Å². The van der Waals surface area contributed by atoms with Gasteiger partial charge in [0.2, 0.25) is 0 Å². The molecule has 1 aliphatic heterocycles. The molecule has 3 heteroatoms. The van der Waals surface area contributed by atoms with Gasteiger partial charge in [0.1, 0.15) is 0 Å². The van der Waals surface area contributed by atoms with Crippen LogP contribution in [0.3, 0.4) is 0 Å². The molecule has 1 atom stereocenters. The van der Waals surface area contributed by atoms with Gasteiger partial charge < -0.3 is 15.3 Å². The van der Waals surface area contributed by atoms with E-state index in [1.807, 2.05) is 6.92 Å². The maximum Gasteiger partial charge on any atom is 0.0632 e. The van der Waals surface area contributed by atoms with Crippen molar-refractivity contribution in [2.75, 3.05) is 32.7 Å². The Morgan fingerprint density at radius 2 is 2.13 bits per heavy atom. The van der Waals surface area contributed by atoms with Crippen molar-refractivity contribution in [2.24, 2.45) is 0 Å². The van der Waals surface area contributed by atoms with Crippen LogP contribution in [0.2, 0.25) is 0 Å². The Labute approximate surface area is 93.9 Å². The lowest BCUT2D eigenvalue weighted by Gasteiger charge is -2.22. The molecule has 1 aliphatic rings. The van der Waals surface area contributed by atoms with Crippen LogP contribution in [0.25, 0.3) is 0 Å². The molecule has 15 heavy (non-hydrogen) atoms. The number of hydrogen-bond acceptors (Lipinski definition) is 3. The van der Waals surface area contributed by atoms with Crippen LogP contribution >= 0.6 is 0 Å². The van der Waals surface area contributed by atoms with E-state index in [0.29, 0.717) is 0 Å². The van der Waals surface area contributed by atoms with Crippen molar-refractivity contribution < 1.29 is 5.11 Å². The highest BCUT2D eigenvalue weighted by atomic mass is 16.3. The Balaban J connectivity index is 2.14. The molecule has 0 radical (unpaired) electrons. The molecule has 0 aromatic heterocycles. The van der Waals surface area contributed by atoms with Crippen LogP contribution in [-0.4, -0.2) is 48.3 Å². The summed E-state index contributed by atoms with van der Waals surface area (Å²) in [5, 5.41) is 13.3. The van der Waals surface area contributed by atoms with Crippen molar-refractivity contribution in [2.45, 2.75) is 45.1 Å². The fraction of sp³-hybridized carbons (Fsp3) is 1.00. The van der Waals surface area contributed by atoms with Crippen LogP contribution < -0.4 is 5.32 Å². The van der Waals surface area contributed by atoms with Gasteiger partial charge in [-0.2, -0.15) is 0 Å². The summed E-state index contributed by atoms with van der Waals surface area (Å²) < 4.78 is 0. The average Bonchev–Trinajstić information content (AvgIpc) is 2.35. The summed E-state index contributed by atoms with van der Waals surface area (Å²) in [6, 6.07) is 0. The smallest absolute Gasteiger partial charge is 0.0632 e. The van der Waals surface area contributed by atoms with E-state index in [-0.39, 0.29) is 0 Å². The lowest BCUT2D eigenvalue weighted by Crippen LogP contribution is -2.30. The van der Waals surface area contributed by atoms with E-state index < -0.39 is 5.60 Å². The summed E-state index contributed by atoms with van der Waals surface area (Å²) in [6.45, 7) is 9.67. The zero-order chi connectivity index (χ0) is 11.1. The molecule has 3 nitrogen and oxygen atoms in total. The normalized spacial score (nSPS) is 29.0. The molecule has 1 heterocycles. The fourth-order valence-electron chi connectivity index (χ4n) is 2.15. The van der Waals surface area contributed by atoms with Crippen LogP contribution in [0.5, 0.6) is 0 Å². The van der Waals surface area contributed by atoms with E-state index >= 15 is 0 Å². The maximum absolute atomic E-state index is 9.94. The monoisotopic (exact) mass is 214 g/mol. The second-order valence-electron chi connectivity index (χ2n) is 4.90. The van der Waals surface area contributed by atoms with Gasteiger partial charge in [-0.3, -0.25) is 0 Å². The summed E-state index contributed by atoms with van der Waals surface area (Å²) >= 11 is 0. The molecular formula is C12H26N2O. The van der Waals surface area contributed by atoms with Gasteiger partial charge in [0.05, 0.1) is 5.60 Å². The third-order valence-electron chi connectivity index (χ3n) is 3.23. The molecular weight excluding hydrogens is 188 g/mol. The molecule has 1 rings (SSSR count). The van der Waals surface area contributed by atoms with E-state index in [1.54, 1.807) is 0 Å². The van der Waals surface area contributed by atoms with Crippen LogP contribution in [-0.2, 0) is 0 Å². The molecule has 0 bridgehead atoms. The molecule has 1 fully saturated rings. The molecule has 0 amide bonds. The van der Waals surface area contributed by atoms with Gasteiger partial charge in [-0.25, -0.2) is 0 Å². The third kappa shape index (κ3) is 5.50. The zero-order valence-electron chi connectivity index (χ0n) is 10.3. The SMILES string of the molecule is CCNCCCN1CCCC(C)(O)CC1. The van der Waals surface area contributed by atoms with Crippen LogP contribution in [0.1, 0.15) is 39.5 Å². The standard InChI is InChI=1S/C12H26N2O/c1-3-13-8-5-10-14-9-4-6-12(2,15)7-11-14/h13,15H,3-11H2,1-2H3. The Morgan fingerprint density at radius 3 is 2.87 bits per heavy atom. The second kappa shape index (κ2) is 6.46. The minimum atomic E-state index is -0.420. The van der Waals surface area contributed by atoms with Gasteiger partial charge in [-0.1, -0.05) is 6.92 Å². The molecule has 0 aliphatic carbocycles. The van der Waals surface area contributed by atoms with Crippen LogP contribution in [0.4, 0.5) is 0 Å². The molecule has 0 spiro atoms.